The first-order valence-electron chi connectivity index (χ1n) is 11.7. The molecule has 0 amide bonds. The predicted octanol–water partition coefficient (Wildman–Crippen LogP) is 5.82. The Bertz CT molecular complexity index is 763. The molecule has 0 spiro atoms. The van der Waals surface area contributed by atoms with Crippen molar-refractivity contribution in [3.05, 3.63) is 34.9 Å². The molecular formula is C25H36F3NO4. The van der Waals surface area contributed by atoms with Crippen LogP contribution < -0.4 is 5.32 Å². The van der Waals surface area contributed by atoms with Gasteiger partial charge in [0.1, 0.15) is 12.4 Å². The Hall–Kier alpha value is -2.22. The van der Waals surface area contributed by atoms with Crippen LogP contribution in [0.4, 0.5) is 13.2 Å². The van der Waals surface area contributed by atoms with Crippen molar-refractivity contribution in [1.82, 2.24) is 5.32 Å². The summed E-state index contributed by atoms with van der Waals surface area (Å²) in [6.45, 7) is 1.78. The zero-order valence-corrected chi connectivity index (χ0v) is 19.7. The molecule has 0 fully saturated rings. The highest BCUT2D eigenvalue weighted by Gasteiger charge is 2.36. The number of carbonyl (C=O) groups is 3. The van der Waals surface area contributed by atoms with E-state index in [-0.39, 0.29) is 24.2 Å². The summed E-state index contributed by atoms with van der Waals surface area (Å²) in [5.74, 6) is -1.71. The third-order valence-corrected chi connectivity index (χ3v) is 5.46. The van der Waals surface area contributed by atoms with Crippen molar-refractivity contribution >= 4 is 17.5 Å². The van der Waals surface area contributed by atoms with Gasteiger partial charge in [-0.15, -0.1) is 0 Å². The molecule has 1 N–H and O–H groups in total. The van der Waals surface area contributed by atoms with Crippen LogP contribution in [-0.2, 0) is 20.5 Å². The van der Waals surface area contributed by atoms with Crippen LogP contribution in [-0.4, -0.2) is 37.7 Å². The Labute approximate surface area is 194 Å². The molecule has 0 aliphatic heterocycles. The van der Waals surface area contributed by atoms with Crippen LogP contribution in [0.15, 0.2) is 18.2 Å². The van der Waals surface area contributed by atoms with Gasteiger partial charge in [0.25, 0.3) is 0 Å². The number of rotatable bonds is 17. The first-order valence-corrected chi connectivity index (χ1v) is 11.7. The van der Waals surface area contributed by atoms with Gasteiger partial charge in [-0.25, -0.2) is 4.79 Å². The highest BCUT2D eigenvalue weighted by Crippen LogP contribution is 2.33. The molecule has 0 radical (unpaired) electrons. The van der Waals surface area contributed by atoms with Crippen LogP contribution in [0.2, 0.25) is 0 Å². The van der Waals surface area contributed by atoms with Crippen molar-refractivity contribution in [2.45, 2.75) is 83.7 Å². The van der Waals surface area contributed by atoms with E-state index in [1.54, 1.807) is 0 Å². The largest absolute Gasteiger partial charge is 0.454 e. The summed E-state index contributed by atoms with van der Waals surface area (Å²) in [5, 5.41) is 3.13. The molecule has 1 aromatic carbocycles. The molecule has 0 aromatic heterocycles. The smallest absolute Gasteiger partial charge is 0.417 e. The average Bonchev–Trinajstić information content (AvgIpc) is 2.76. The number of esters is 1. The molecule has 0 heterocycles. The lowest BCUT2D eigenvalue weighted by Gasteiger charge is -2.14. The van der Waals surface area contributed by atoms with Crippen molar-refractivity contribution in [2.75, 3.05) is 20.2 Å². The maximum absolute atomic E-state index is 13.1. The Morgan fingerprint density at radius 3 is 2.03 bits per heavy atom. The van der Waals surface area contributed by atoms with Crippen LogP contribution in [0, 0.1) is 6.92 Å². The van der Waals surface area contributed by atoms with Crippen LogP contribution in [0.3, 0.4) is 0 Å². The van der Waals surface area contributed by atoms with Gasteiger partial charge in [0.2, 0.25) is 0 Å². The molecule has 5 nitrogen and oxygen atoms in total. The monoisotopic (exact) mass is 471 g/mol. The zero-order chi connectivity index (χ0) is 24.7. The number of carbonyl (C=O) groups excluding carboxylic acids is 3. The van der Waals surface area contributed by atoms with Crippen LogP contribution >= 0.6 is 0 Å². The van der Waals surface area contributed by atoms with Crippen LogP contribution in [0.1, 0.15) is 92.1 Å². The van der Waals surface area contributed by atoms with E-state index in [1.807, 2.05) is 7.05 Å². The molecule has 0 atom stereocenters. The number of hydrogen-bond donors (Lipinski definition) is 1. The summed E-state index contributed by atoms with van der Waals surface area (Å²) in [6, 6.07) is 3.38. The molecule has 1 aromatic rings. The SMILES string of the molecule is CNCCCCCCCCCCC(=O)CCC(=O)COC(=O)c1c(C)cccc1C(F)(F)F. The van der Waals surface area contributed by atoms with E-state index in [4.69, 9.17) is 4.74 Å². The number of Topliss-reactive ketones (excluding diaryl/α,β-unsaturated/α-hetero) is 2. The van der Waals surface area contributed by atoms with Crippen molar-refractivity contribution in [2.24, 2.45) is 0 Å². The van der Waals surface area contributed by atoms with Crippen LogP contribution in [0.25, 0.3) is 0 Å². The summed E-state index contributed by atoms with van der Waals surface area (Å²) < 4.78 is 44.2. The predicted molar refractivity (Wildman–Crippen MR) is 121 cm³/mol. The fourth-order valence-corrected chi connectivity index (χ4v) is 3.55. The van der Waals surface area contributed by atoms with Gasteiger partial charge < -0.3 is 10.1 Å². The van der Waals surface area contributed by atoms with E-state index in [9.17, 15) is 27.6 Å². The summed E-state index contributed by atoms with van der Waals surface area (Å²) in [4.78, 5) is 36.0. The molecule has 0 saturated heterocycles. The minimum absolute atomic E-state index is 0.0278. The number of aryl methyl sites for hydroxylation is 1. The van der Waals surface area contributed by atoms with Gasteiger partial charge in [0.15, 0.2) is 5.78 Å². The van der Waals surface area contributed by atoms with Gasteiger partial charge in [-0.2, -0.15) is 13.2 Å². The standard InChI is InChI=1S/C25H36F3NO4/c1-19-12-11-14-22(25(26,27)28)23(19)24(32)33-18-21(31)16-15-20(30)13-9-7-5-3-4-6-8-10-17-29-2/h11-12,14,29H,3-10,13,15-18H2,1-2H3. The maximum Gasteiger partial charge on any atom is 0.417 e. The summed E-state index contributed by atoms with van der Waals surface area (Å²) in [5.41, 5.74) is -1.57. The average molecular weight is 472 g/mol. The number of ketones is 2. The van der Waals surface area contributed by atoms with E-state index >= 15 is 0 Å². The van der Waals surface area contributed by atoms with Gasteiger partial charge in [-0.3, -0.25) is 9.59 Å². The number of hydrogen-bond acceptors (Lipinski definition) is 5. The summed E-state index contributed by atoms with van der Waals surface area (Å²) >= 11 is 0. The van der Waals surface area contributed by atoms with Gasteiger partial charge >= 0.3 is 12.1 Å². The molecule has 0 aliphatic rings. The lowest BCUT2D eigenvalue weighted by atomic mass is 10.0. The quantitative estimate of drug-likeness (QED) is 0.229. The number of benzene rings is 1. The lowest BCUT2D eigenvalue weighted by molar-refractivity contribution is -0.138. The number of ether oxygens (including phenoxy) is 1. The second kappa shape index (κ2) is 15.6. The Morgan fingerprint density at radius 2 is 1.42 bits per heavy atom. The van der Waals surface area contributed by atoms with E-state index in [0.717, 1.165) is 38.3 Å². The van der Waals surface area contributed by atoms with Gasteiger partial charge in [0.05, 0.1) is 11.1 Å². The van der Waals surface area contributed by atoms with E-state index < -0.39 is 35.7 Å². The Kier molecular flexibility index (Phi) is 13.6. The summed E-state index contributed by atoms with van der Waals surface area (Å²) in [7, 11) is 1.95. The van der Waals surface area contributed by atoms with E-state index in [0.29, 0.717) is 6.42 Å². The Morgan fingerprint density at radius 1 is 0.848 bits per heavy atom. The number of unbranched alkanes of at least 4 members (excludes halogenated alkanes) is 7. The topological polar surface area (TPSA) is 72.5 Å². The molecule has 1 rings (SSSR count). The molecule has 186 valence electrons. The molecule has 0 unspecified atom stereocenters. The van der Waals surface area contributed by atoms with Gasteiger partial charge in [0, 0.05) is 19.3 Å². The molecule has 0 aliphatic carbocycles. The normalized spacial score (nSPS) is 11.4. The maximum atomic E-state index is 13.1. The molecule has 0 bridgehead atoms. The minimum atomic E-state index is -4.71. The van der Waals surface area contributed by atoms with Crippen molar-refractivity contribution in [3.8, 4) is 0 Å². The Balaban J connectivity index is 2.22. The van der Waals surface area contributed by atoms with Crippen molar-refractivity contribution in [3.63, 3.8) is 0 Å². The fraction of sp³-hybridized carbons (Fsp3) is 0.640. The van der Waals surface area contributed by atoms with Gasteiger partial charge in [-0.1, -0.05) is 50.7 Å². The first kappa shape index (κ1) is 28.8. The third-order valence-electron chi connectivity index (χ3n) is 5.46. The highest BCUT2D eigenvalue weighted by molar-refractivity contribution is 5.95. The fourth-order valence-electron chi connectivity index (χ4n) is 3.55. The third kappa shape index (κ3) is 12.0. The lowest BCUT2D eigenvalue weighted by Crippen LogP contribution is -2.20. The number of halogens is 3. The number of alkyl halides is 3. The van der Waals surface area contributed by atoms with Gasteiger partial charge in [-0.05, 0) is 45.0 Å². The second-order valence-corrected chi connectivity index (χ2v) is 8.33. The molecular weight excluding hydrogens is 435 g/mol. The highest BCUT2D eigenvalue weighted by atomic mass is 19.4. The summed E-state index contributed by atoms with van der Waals surface area (Å²) in [6.07, 6.45) is 4.56. The van der Waals surface area contributed by atoms with Crippen molar-refractivity contribution < 1.29 is 32.3 Å². The molecule has 8 heteroatoms. The van der Waals surface area contributed by atoms with E-state index in [2.05, 4.69) is 5.32 Å². The molecule has 33 heavy (non-hydrogen) atoms. The molecule has 0 saturated carbocycles. The number of nitrogens with one attached hydrogen (secondary N) is 1. The minimum Gasteiger partial charge on any atom is -0.454 e. The zero-order valence-electron chi connectivity index (χ0n) is 19.7. The first-order chi connectivity index (χ1) is 15.7. The second-order valence-electron chi connectivity index (χ2n) is 8.33. The van der Waals surface area contributed by atoms with E-state index in [1.165, 1.54) is 44.7 Å². The van der Waals surface area contributed by atoms with Crippen molar-refractivity contribution in [1.29, 1.82) is 0 Å². The van der Waals surface area contributed by atoms with Crippen LogP contribution in [0.5, 0.6) is 0 Å².